The second-order valence-electron chi connectivity index (χ2n) is 7.80. The number of sulfonamides is 1. The van der Waals surface area contributed by atoms with Crippen LogP contribution in [0.1, 0.15) is 29.3 Å². The number of anilines is 1. The van der Waals surface area contributed by atoms with Crippen molar-refractivity contribution in [2.24, 2.45) is 0 Å². The molecule has 3 aromatic rings. The highest BCUT2D eigenvalue weighted by Crippen LogP contribution is 2.36. The maximum absolute atomic E-state index is 15.1. The van der Waals surface area contributed by atoms with Gasteiger partial charge in [-0.1, -0.05) is 49.4 Å². The van der Waals surface area contributed by atoms with Crippen LogP contribution in [0.4, 0.5) is 10.1 Å². The van der Waals surface area contributed by atoms with Crippen molar-refractivity contribution in [1.29, 1.82) is 0 Å². The summed E-state index contributed by atoms with van der Waals surface area (Å²) < 4.78 is 54.0. The molecule has 9 heteroatoms. The summed E-state index contributed by atoms with van der Waals surface area (Å²) in [6.45, 7) is 6.38. The molecule has 0 atom stereocenters. The Morgan fingerprint density at radius 2 is 1.75 bits per heavy atom. The lowest BCUT2D eigenvalue weighted by atomic mass is 10.1. The minimum Gasteiger partial charge on any atom is -0.465 e. The third kappa shape index (κ3) is 5.46. The average Bonchev–Trinajstić information content (AvgIpc) is 2.88. The van der Waals surface area contributed by atoms with E-state index in [4.69, 9.17) is 9.47 Å². The molecule has 0 bridgehead atoms. The van der Waals surface area contributed by atoms with Crippen molar-refractivity contribution in [3.63, 3.8) is 0 Å². The zero-order chi connectivity index (χ0) is 26.5. The van der Waals surface area contributed by atoms with Gasteiger partial charge in [0.1, 0.15) is 10.7 Å². The molecule has 7 nitrogen and oxygen atoms in total. The van der Waals surface area contributed by atoms with E-state index in [1.165, 1.54) is 31.2 Å². The van der Waals surface area contributed by atoms with Crippen LogP contribution in [0.5, 0.6) is 5.75 Å². The first-order valence-corrected chi connectivity index (χ1v) is 12.5. The van der Waals surface area contributed by atoms with Gasteiger partial charge < -0.3 is 9.47 Å². The normalized spacial score (nSPS) is 11.0. The molecule has 0 aliphatic rings. The molecule has 0 aliphatic heterocycles. The van der Waals surface area contributed by atoms with E-state index in [9.17, 15) is 18.0 Å². The summed E-state index contributed by atoms with van der Waals surface area (Å²) in [6.07, 6.45) is 1.29. The number of rotatable bonds is 9. The molecule has 0 unspecified atom stereocenters. The highest BCUT2D eigenvalue weighted by atomic mass is 32.2. The van der Waals surface area contributed by atoms with Gasteiger partial charge in [-0.25, -0.2) is 17.6 Å². The fourth-order valence-corrected chi connectivity index (χ4v) is 5.21. The first kappa shape index (κ1) is 26.6. The van der Waals surface area contributed by atoms with Gasteiger partial charge >= 0.3 is 11.9 Å². The van der Waals surface area contributed by atoms with Crippen LogP contribution in [0.25, 0.3) is 11.1 Å². The van der Waals surface area contributed by atoms with E-state index < -0.39 is 32.7 Å². The summed E-state index contributed by atoms with van der Waals surface area (Å²) in [4.78, 5) is 23.9. The van der Waals surface area contributed by atoms with Gasteiger partial charge in [0.25, 0.3) is 10.0 Å². The van der Waals surface area contributed by atoms with Crippen molar-refractivity contribution < 1.29 is 31.9 Å². The van der Waals surface area contributed by atoms with Gasteiger partial charge in [0.15, 0.2) is 5.75 Å². The van der Waals surface area contributed by atoms with Crippen molar-refractivity contribution in [2.45, 2.75) is 25.2 Å². The lowest BCUT2D eigenvalue weighted by Crippen LogP contribution is -2.33. The van der Waals surface area contributed by atoms with Gasteiger partial charge in [0, 0.05) is 6.42 Å². The Labute approximate surface area is 209 Å². The number of ether oxygens (including phenoxy) is 2. The highest BCUT2D eigenvalue weighted by molar-refractivity contribution is 7.93. The molecule has 0 fully saturated rings. The van der Waals surface area contributed by atoms with Crippen LogP contribution in [0.15, 0.2) is 78.2 Å². The monoisotopic (exact) mass is 511 g/mol. The number of nitrogens with zero attached hydrogens (tertiary/aromatic N) is 1. The predicted molar refractivity (Wildman–Crippen MR) is 135 cm³/mol. The van der Waals surface area contributed by atoms with Crippen molar-refractivity contribution in [1.82, 2.24) is 0 Å². The number of aryl methyl sites for hydroxylation is 1. The van der Waals surface area contributed by atoms with Crippen LogP contribution >= 0.6 is 0 Å². The molecule has 0 radical (unpaired) electrons. The smallest absolute Gasteiger partial charge is 0.337 e. The zero-order valence-electron chi connectivity index (χ0n) is 20.2. The van der Waals surface area contributed by atoms with Gasteiger partial charge in [-0.15, -0.1) is 6.58 Å². The lowest BCUT2D eigenvalue weighted by Gasteiger charge is -2.26. The molecular formula is C27H26FNO6S. The van der Waals surface area contributed by atoms with E-state index >= 15 is 4.39 Å². The Hall–Kier alpha value is -3.98. The number of benzene rings is 3. The molecule has 0 saturated carbocycles. The maximum Gasteiger partial charge on any atom is 0.337 e. The van der Waals surface area contributed by atoms with Crippen molar-refractivity contribution in [3.05, 3.63) is 90.3 Å². The first-order valence-electron chi connectivity index (χ1n) is 11.1. The Balaban J connectivity index is 2.26. The molecule has 0 spiro atoms. The summed E-state index contributed by atoms with van der Waals surface area (Å²) in [5, 5.41) is 0. The second kappa shape index (κ2) is 11.2. The van der Waals surface area contributed by atoms with Crippen LogP contribution in [0, 0.1) is 12.7 Å². The number of carbonyl (C=O) groups is 2. The molecular weight excluding hydrogens is 485 g/mol. The number of carbonyl (C=O) groups excluding carboxylic acids is 2. The number of esters is 2. The van der Waals surface area contributed by atoms with Gasteiger partial charge in [-0.3, -0.25) is 9.10 Å². The second-order valence-corrected chi connectivity index (χ2v) is 9.63. The molecule has 0 aliphatic carbocycles. The van der Waals surface area contributed by atoms with Crippen LogP contribution in [-0.2, 0) is 19.6 Å². The molecule has 3 aromatic carbocycles. The van der Waals surface area contributed by atoms with E-state index in [0.29, 0.717) is 5.56 Å². The fraction of sp³-hybridized carbons (Fsp3) is 0.185. The van der Waals surface area contributed by atoms with Gasteiger partial charge in [0.2, 0.25) is 0 Å². The molecule has 3 rings (SSSR count). The van der Waals surface area contributed by atoms with E-state index in [2.05, 4.69) is 6.58 Å². The quantitative estimate of drug-likeness (QED) is 0.220. The Bertz CT molecular complexity index is 1400. The Morgan fingerprint density at radius 3 is 2.36 bits per heavy atom. The SMILES string of the molecule is C=CCN(c1cc(-c2ccccc2)ccc1F)S(=O)(=O)c1cc(C(=O)OC)cc(C)c1OC(=O)CC. The third-order valence-electron chi connectivity index (χ3n) is 5.35. The topological polar surface area (TPSA) is 90.0 Å². The van der Waals surface area contributed by atoms with E-state index in [1.54, 1.807) is 13.0 Å². The van der Waals surface area contributed by atoms with Crippen molar-refractivity contribution >= 4 is 27.6 Å². The molecule has 188 valence electrons. The predicted octanol–water partition coefficient (Wildman–Crippen LogP) is 5.28. The van der Waals surface area contributed by atoms with E-state index in [-0.39, 0.29) is 35.5 Å². The number of hydrogen-bond donors (Lipinski definition) is 0. The van der Waals surface area contributed by atoms with Crippen molar-refractivity contribution in [2.75, 3.05) is 18.0 Å². The van der Waals surface area contributed by atoms with Gasteiger partial charge in [0.05, 0.1) is 24.9 Å². The summed E-state index contributed by atoms with van der Waals surface area (Å²) >= 11 is 0. The average molecular weight is 512 g/mol. The summed E-state index contributed by atoms with van der Waals surface area (Å²) in [6, 6.07) is 15.6. The van der Waals surface area contributed by atoms with Crippen LogP contribution in [0.3, 0.4) is 0 Å². The maximum atomic E-state index is 15.1. The zero-order valence-corrected chi connectivity index (χ0v) is 21.0. The minimum atomic E-state index is -4.57. The fourth-order valence-electron chi connectivity index (χ4n) is 3.56. The molecule has 0 amide bonds. The van der Waals surface area contributed by atoms with Gasteiger partial charge in [-0.05, 0) is 47.9 Å². The van der Waals surface area contributed by atoms with Crippen LogP contribution < -0.4 is 9.04 Å². The standard InChI is InChI=1S/C27H26FNO6S/c1-5-14-29(23-16-20(12-13-22(23)28)19-10-8-7-9-11-19)36(32,33)24-17-21(27(31)34-4)15-18(3)26(24)35-25(30)6-2/h5,7-13,15-17H,1,6,14H2,2-4H3. The number of hydrogen-bond acceptors (Lipinski definition) is 6. The minimum absolute atomic E-state index is 0.0121. The van der Waals surface area contributed by atoms with Crippen LogP contribution in [-0.4, -0.2) is 34.0 Å². The highest BCUT2D eigenvalue weighted by Gasteiger charge is 2.32. The molecule has 0 N–H and O–H groups in total. The number of methoxy groups -OCH3 is 1. The lowest BCUT2D eigenvalue weighted by molar-refractivity contribution is -0.134. The largest absolute Gasteiger partial charge is 0.465 e. The number of halogens is 1. The molecule has 0 aromatic heterocycles. The molecule has 0 saturated heterocycles. The van der Waals surface area contributed by atoms with Crippen molar-refractivity contribution in [3.8, 4) is 16.9 Å². The van der Waals surface area contributed by atoms with E-state index in [0.717, 1.165) is 23.0 Å². The van der Waals surface area contributed by atoms with Crippen LogP contribution in [0.2, 0.25) is 0 Å². The van der Waals surface area contributed by atoms with E-state index in [1.807, 2.05) is 30.3 Å². The third-order valence-corrected chi connectivity index (χ3v) is 7.14. The first-order chi connectivity index (χ1) is 17.1. The summed E-state index contributed by atoms with van der Waals surface area (Å²) in [5.41, 5.74) is 1.27. The Morgan fingerprint density at radius 1 is 1.06 bits per heavy atom. The molecule has 36 heavy (non-hydrogen) atoms. The Kier molecular flexibility index (Phi) is 8.26. The molecule has 0 heterocycles. The summed E-state index contributed by atoms with van der Waals surface area (Å²) in [5.74, 6) is -2.49. The summed E-state index contributed by atoms with van der Waals surface area (Å²) in [7, 11) is -3.41. The van der Waals surface area contributed by atoms with Gasteiger partial charge in [-0.2, -0.15) is 0 Å².